The van der Waals surface area contributed by atoms with Crippen LogP contribution in [0.25, 0.3) is 11.1 Å². The highest BCUT2D eigenvalue weighted by Crippen LogP contribution is 2.43. The lowest BCUT2D eigenvalue weighted by molar-refractivity contribution is 0.564. The molecule has 0 bridgehead atoms. The molecule has 0 amide bonds. The minimum absolute atomic E-state index is 0.503. The molecule has 1 heterocycles. The van der Waals surface area contributed by atoms with Gasteiger partial charge in [0.25, 0.3) is 0 Å². The van der Waals surface area contributed by atoms with Gasteiger partial charge in [-0.05, 0) is 49.7 Å². The lowest BCUT2D eigenvalue weighted by atomic mass is 9.87. The SMILES string of the molecule is CNCCC1c2c(cccc2-c2ccccc2)NC1C. The Morgan fingerprint density at radius 1 is 1.05 bits per heavy atom. The van der Waals surface area contributed by atoms with Crippen molar-refractivity contribution in [1.82, 2.24) is 5.32 Å². The van der Waals surface area contributed by atoms with Crippen LogP contribution in [0.4, 0.5) is 5.69 Å². The second-order valence-corrected chi connectivity index (χ2v) is 5.56. The zero-order valence-corrected chi connectivity index (χ0v) is 12.2. The Morgan fingerprint density at radius 2 is 1.85 bits per heavy atom. The molecule has 2 heteroatoms. The molecule has 1 aliphatic heterocycles. The molecule has 3 rings (SSSR count). The van der Waals surface area contributed by atoms with Crippen molar-refractivity contribution in [3.05, 3.63) is 54.1 Å². The normalized spacial score (nSPS) is 20.5. The van der Waals surface area contributed by atoms with Crippen LogP contribution in [0, 0.1) is 0 Å². The Bertz CT molecular complexity index is 577. The van der Waals surface area contributed by atoms with Gasteiger partial charge >= 0.3 is 0 Å². The van der Waals surface area contributed by atoms with E-state index in [1.165, 1.54) is 28.8 Å². The third-order valence-corrected chi connectivity index (χ3v) is 4.25. The Morgan fingerprint density at radius 3 is 2.60 bits per heavy atom. The summed E-state index contributed by atoms with van der Waals surface area (Å²) in [5, 5.41) is 6.92. The molecule has 0 spiro atoms. The van der Waals surface area contributed by atoms with Crippen LogP contribution in [-0.4, -0.2) is 19.6 Å². The number of benzene rings is 2. The van der Waals surface area contributed by atoms with E-state index in [4.69, 9.17) is 0 Å². The molecule has 2 atom stereocenters. The van der Waals surface area contributed by atoms with Crippen molar-refractivity contribution < 1.29 is 0 Å². The first kappa shape index (κ1) is 13.2. The first-order valence-corrected chi connectivity index (χ1v) is 7.40. The summed E-state index contributed by atoms with van der Waals surface area (Å²) in [6, 6.07) is 17.8. The van der Waals surface area contributed by atoms with Gasteiger partial charge in [0.15, 0.2) is 0 Å². The van der Waals surface area contributed by atoms with E-state index in [2.05, 4.69) is 66.1 Å². The minimum Gasteiger partial charge on any atom is -0.382 e. The van der Waals surface area contributed by atoms with Crippen molar-refractivity contribution in [2.45, 2.75) is 25.3 Å². The van der Waals surface area contributed by atoms with Crippen LogP contribution in [0.2, 0.25) is 0 Å². The van der Waals surface area contributed by atoms with Crippen LogP contribution in [0.1, 0.15) is 24.8 Å². The first-order chi connectivity index (χ1) is 9.81. The standard InChI is InChI=1S/C18H22N2/c1-13-15(11-12-19-2)18-16(9-6-10-17(18)20-13)14-7-4-3-5-8-14/h3-10,13,15,19-20H,11-12H2,1-2H3. The van der Waals surface area contributed by atoms with E-state index in [9.17, 15) is 0 Å². The average molecular weight is 266 g/mol. The summed E-state index contributed by atoms with van der Waals surface area (Å²) in [5.41, 5.74) is 5.48. The van der Waals surface area contributed by atoms with E-state index in [0.717, 1.165) is 6.54 Å². The molecule has 2 aromatic carbocycles. The fourth-order valence-electron chi connectivity index (χ4n) is 3.25. The number of fused-ring (bicyclic) bond motifs is 1. The summed E-state index contributed by atoms with van der Waals surface area (Å²) in [7, 11) is 2.02. The third kappa shape index (κ3) is 2.32. The first-order valence-electron chi connectivity index (χ1n) is 7.40. The fraction of sp³-hybridized carbons (Fsp3) is 0.333. The summed E-state index contributed by atoms with van der Waals surface area (Å²) < 4.78 is 0. The van der Waals surface area contributed by atoms with E-state index in [0.29, 0.717) is 12.0 Å². The van der Waals surface area contributed by atoms with Gasteiger partial charge in [-0.15, -0.1) is 0 Å². The maximum Gasteiger partial charge on any atom is 0.0384 e. The van der Waals surface area contributed by atoms with Gasteiger partial charge in [0.2, 0.25) is 0 Å². The van der Waals surface area contributed by atoms with Gasteiger partial charge < -0.3 is 10.6 Å². The topological polar surface area (TPSA) is 24.1 Å². The molecular formula is C18H22N2. The minimum atomic E-state index is 0.503. The van der Waals surface area contributed by atoms with Crippen molar-refractivity contribution in [3.8, 4) is 11.1 Å². The maximum atomic E-state index is 3.64. The maximum absolute atomic E-state index is 3.64. The second kappa shape index (κ2) is 5.68. The highest BCUT2D eigenvalue weighted by atomic mass is 15.0. The van der Waals surface area contributed by atoms with Crippen molar-refractivity contribution in [3.63, 3.8) is 0 Å². The van der Waals surface area contributed by atoms with Crippen LogP contribution >= 0.6 is 0 Å². The molecule has 0 aliphatic carbocycles. The van der Waals surface area contributed by atoms with E-state index in [-0.39, 0.29) is 0 Å². The molecule has 0 aromatic heterocycles. The van der Waals surface area contributed by atoms with Gasteiger partial charge in [-0.1, -0.05) is 42.5 Å². The molecule has 2 aromatic rings. The summed E-state index contributed by atoms with van der Waals surface area (Å²) in [5.74, 6) is 0.578. The van der Waals surface area contributed by atoms with Crippen molar-refractivity contribution >= 4 is 5.69 Å². The van der Waals surface area contributed by atoms with Crippen LogP contribution in [0.3, 0.4) is 0 Å². The Hall–Kier alpha value is -1.80. The highest BCUT2D eigenvalue weighted by Gasteiger charge is 2.30. The lowest BCUT2D eigenvalue weighted by Gasteiger charge is -2.18. The number of hydrogen-bond donors (Lipinski definition) is 2. The largest absolute Gasteiger partial charge is 0.382 e. The fourth-order valence-corrected chi connectivity index (χ4v) is 3.25. The van der Waals surface area contributed by atoms with Gasteiger partial charge in [0.05, 0.1) is 0 Å². The predicted molar refractivity (Wildman–Crippen MR) is 86.2 cm³/mol. The van der Waals surface area contributed by atoms with Crippen LogP contribution < -0.4 is 10.6 Å². The smallest absolute Gasteiger partial charge is 0.0384 e. The van der Waals surface area contributed by atoms with Gasteiger partial charge in [0, 0.05) is 17.6 Å². The third-order valence-electron chi connectivity index (χ3n) is 4.25. The summed E-state index contributed by atoms with van der Waals surface area (Å²) >= 11 is 0. The molecular weight excluding hydrogens is 244 g/mol. The number of anilines is 1. The number of rotatable bonds is 4. The van der Waals surface area contributed by atoms with E-state index in [1.807, 2.05) is 7.05 Å². The quantitative estimate of drug-likeness (QED) is 0.878. The molecule has 104 valence electrons. The molecule has 0 saturated heterocycles. The highest BCUT2D eigenvalue weighted by molar-refractivity contribution is 5.77. The Kier molecular flexibility index (Phi) is 3.75. The van der Waals surface area contributed by atoms with Gasteiger partial charge in [-0.2, -0.15) is 0 Å². The van der Waals surface area contributed by atoms with Crippen molar-refractivity contribution in [2.24, 2.45) is 0 Å². The van der Waals surface area contributed by atoms with E-state index < -0.39 is 0 Å². The molecule has 0 saturated carbocycles. The molecule has 2 nitrogen and oxygen atoms in total. The summed E-state index contributed by atoms with van der Waals surface area (Å²) in [6.07, 6.45) is 1.17. The van der Waals surface area contributed by atoms with E-state index in [1.54, 1.807) is 0 Å². The molecule has 2 N–H and O–H groups in total. The number of hydrogen-bond acceptors (Lipinski definition) is 2. The summed E-state index contributed by atoms with van der Waals surface area (Å²) in [4.78, 5) is 0. The van der Waals surface area contributed by atoms with Crippen LogP contribution in [0.15, 0.2) is 48.5 Å². The zero-order chi connectivity index (χ0) is 13.9. The second-order valence-electron chi connectivity index (χ2n) is 5.56. The molecule has 20 heavy (non-hydrogen) atoms. The lowest BCUT2D eigenvalue weighted by Crippen LogP contribution is -2.20. The monoisotopic (exact) mass is 266 g/mol. The van der Waals surface area contributed by atoms with Crippen molar-refractivity contribution in [2.75, 3.05) is 18.9 Å². The predicted octanol–water partition coefficient (Wildman–Crippen LogP) is 3.86. The summed E-state index contributed by atoms with van der Waals surface area (Å²) in [6.45, 7) is 3.34. The van der Waals surface area contributed by atoms with Gasteiger partial charge in [-0.3, -0.25) is 0 Å². The zero-order valence-electron chi connectivity index (χ0n) is 12.2. The van der Waals surface area contributed by atoms with Crippen LogP contribution in [-0.2, 0) is 0 Å². The molecule has 2 unspecified atom stereocenters. The Balaban J connectivity index is 2.04. The molecule has 1 aliphatic rings. The van der Waals surface area contributed by atoms with Crippen LogP contribution in [0.5, 0.6) is 0 Å². The van der Waals surface area contributed by atoms with E-state index >= 15 is 0 Å². The van der Waals surface area contributed by atoms with Crippen molar-refractivity contribution in [1.29, 1.82) is 0 Å². The number of nitrogens with one attached hydrogen (secondary N) is 2. The molecule has 0 radical (unpaired) electrons. The molecule has 0 fully saturated rings. The van der Waals surface area contributed by atoms with Gasteiger partial charge in [-0.25, -0.2) is 0 Å². The average Bonchev–Trinajstić information content (AvgIpc) is 2.81. The Labute approximate surface area is 121 Å². The van der Waals surface area contributed by atoms with Gasteiger partial charge in [0.1, 0.15) is 0 Å².